The van der Waals surface area contributed by atoms with E-state index in [4.69, 9.17) is 0 Å². The van der Waals surface area contributed by atoms with Crippen molar-refractivity contribution in [3.05, 3.63) is 60.2 Å². The molecule has 0 unspecified atom stereocenters. The average molecular weight is 380 g/mol. The normalized spacial score (nSPS) is 16.2. The maximum absolute atomic E-state index is 13.0. The van der Waals surface area contributed by atoms with Gasteiger partial charge in [0.15, 0.2) is 0 Å². The molecular formula is C19H22F2N2O2S. The number of anilines is 1. The minimum Gasteiger partial charge on any atom is -0.368 e. The van der Waals surface area contributed by atoms with Crippen LogP contribution in [-0.2, 0) is 16.3 Å². The summed E-state index contributed by atoms with van der Waals surface area (Å²) in [6.07, 6.45) is 0.956. The number of piperazine rings is 1. The standard InChI is InChI=1S/C19H22F2N2O2S/c20-19(21)26(24,25)18-9-5-4-8-17(18)23-14-12-22(13-15-23)11-10-16-6-2-1-3-7-16/h1-9,19H,10-15H2. The summed E-state index contributed by atoms with van der Waals surface area (Å²) in [6.45, 7) is 3.70. The number of benzene rings is 2. The van der Waals surface area contributed by atoms with Crippen LogP contribution in [0.5, 0.6) is 0 Å². The highest BCUT2D eigenvalue weighted by Gasteiger charge is 2.31. The lowest BCUT2D eigenvalue weighted by atomic mass is 10.1. The van der Waals surface area contributed by atoms with Crippen LogP contribution < -0.4 is 4.90 Å². The molecule has 1 fully saturated rings. The summed E-state index contributed by atoms with van der Waals surface area (Å²) in [5, 5.41) is 0. The van der Waals surface area contributed by atoms with Crippen molar-refractivity contribution in [2.24, 2.45) is 0 Å². The zero-order valence-electron chi connectivity index (χ0n) is 14.4. The number of rotatable bonds is 6. The molecule has 1 aliphatic rings. The second kappa shape index (κ2) is 8.14. The third kappa shape index (κ3) is 4.22. The number of halogens is 2. The molecule has 0 radical (unpaired) electrons. The molecule has 0 aromatic heterocycles. The summed E-state index contributed by atoms with van der Waals surface area (Å²) in [5.74, 6) is -3.41. The Morgan fingerprint density at radius 3 is 2.15 bits per heavy atom. The van der Waals surface area contributed by atoms with Gasteiger partial charge in [-0.05, 0) is 24.1 Å². The van der Waals surface area contributed by atoms with Crippen molar-refractivity contribution in [2.45, 2.75) is 17.1 Å². The SMILES string of the molecule is O=S(=O)(c1ccccc1N1CCN(CCc2ccccc2)CC1)C(F)F. The van der Waals surface area contributed by atoms with Gasteiger partial charge in [0.05, 0.1) is 10.6 Å². The number of para-hydroxylation sites is 1. The first-order valence-electron chi connectivity index (χ1n) is 8.61. The fourth-order valence-corrected chi connectivity index (χ4v) is 4.15. The van der Waals surface area contributed by atoms with Crippen molar-refractivity contribution in [1.82, 2.24) is 4.90 Å². The van der Waals surface area contributed by atoms with Crippen LogP contribution >= 0.6 is 0 Å². The van der Waals surface area contributed by atoms with Crippen LogP contribution in [-0.4, -0.2) is 51.8 Å². The summed E-state index contributed by atoms with van der Waals surface area (Å²) >= 11 is 0. The molecule has 0 spiro atoms. The first-order chi connectivity index (χ1) is 12.5. The zero-order valence-corrected chi connectivity index (χ0v) is 15.2. The maximum atomic E-state index is 13.0. The lowest BCUT2D eigenvalue weighted by molar-refractivity contribution is 0.234. The quantitative estimate of drug-likeness (QED) is 0.772. The van der Waals surface area contributed by atoms with Crippen molar-refractivity contribution >= 4 is 15.5 Å². The Kier molecular flexibility index (Phi) is 5.88. The van der Waals surface area contributed by atoms with E-state index in [1.807, 2.05) is 23.1 Å². The first-order valence-corrected chi connectivity index (χ1v) is 10.2. The molecule has 26 heavy (non-hydrogen) atoms. The Morgan fingerprint density at radius 1 is 0.885 bits per heavy atom. The molecule has 1 saturated heterocycles. The van der Waals surface area contributed by atoms with Gasteiger partial charge in [-0.2, -0.15) is 8.78 Å². The fourth-order valence-electron chi connectivity index (χ4n) is 3.20. The number of sulfone groups is 1. The molecule has 0 saturated carbocycles. The molecule has 2 aromatic rings. The Balaban J connectivity index is 1.64. The van der Waals surface area contributed by atoms with Crippen LogP contribution in [0.15, 0.2) is 59.5 Å². The van der Waals surface area contributed by atoms with Crippen LogP contribution in [0.3, 0.4) is 0 Å². The molecule has 0 amide bonds. The van der Waals surface area contributed by atoms with Gasteiger partial charge in [-0.1, -0.05) is 42.5 Å². The predicted octanol–water partition coefficient (Wildman–Crippen LogP) is 3.05. The maximum Gasteiger partial charge on any atom is 0.341 e. The molecule has 1 aliphatic heterocycles. The zero-order chi connectivity index (χ0) is 18.6. The molecule has 140 valence electrons. The Morgan fingerprint density at radius 2 is 1.50 bits per heavy atom. The second-order valence-corrected chi connectivity index (χ2v) is 8.22. The average Bonchev–Trinajstić information content (AvgIpc) is 2.67. The molecule has 0 aliphatic carbocycles. The van der Waals surface area contributed by atoms with Crippen molar-refractivity contribution in [3.63, 3.8) is 0 Å². The predicted molar refractivity (Wildman–Crippen MR) is 98.4 cm³/mol. The van der Waals surface area contributed by atoms with Gasteiger partial charge < -0.3 is 4.90 Å². The first kappa shape index (κ1) is 18.8. The number of hydrogen-bond acceptors (Lipinski definition) is 4. The Bertz CT molecular complexity index is 820. The molecule has 0 N–H and O–H groups in total. The monoisotopic (exact) mass is 380 g/mol. The number of hydrogen-bond donors (Lipinski definition) is 0. The van der Waals surface area contributed by atoms with Crippen molar-refractivity contribution in [3.8, 4) is 0 Å². The highest BCUT2D eigenvalue weighted by Crippen LogP contribution is 2.29. The van der Waals surface area contributed by atoms with Crippen LogP contribution in [0.2, 0.25) is 0 Å². The van der Waals surface area contributed by atoms with Crippen LogP contribution in [0.25, 0.3) is 0 Å². The summed E-state index contributed by atoms with van der Waals surface area (Å²) in [5.41, 5.74) is 1.65. The molecular weight excluding hydrogens is 358 g/mol. The minimum absolute atomic E-state index is 0.285. The summed E-state index contributed by atoms with van der Waals surface area (Å²) in [7, 11) is -4.61. The molecule has 3 rings (SSSR count). The van der Waals surface area contributed by atoms with E-state index in [1.165, 1.54) is 17.7 Å². The van der Waals surface area contributed by atoms with Crippen molar-refractivity contribution in [2.75, 3.05) is 37.6 Å². The largest absolute Gasteiger partial charge is 0.368 e. The van der Waals surface area contributed by atoms with Crippen molar-refractivity contribution < 1.29 is 17.2 Å². The van der Waals surface area contributed by atoms with E-state index in [0.29, 0.717) is 18.8 Å². The van der Waals surface area contributed by atoms with Gasteiger partial charge in [0.2, 0.25) is 9.84 Å². The van der Waals surface area contributed by atoms with Gasteiger partial charge in [0.1, 0.15) is 0 Å². The van der Waals surface area contributed by atoms with E-state index in [1.54, 1.807) is 12.1 Å². The molecule has 7 heteroatoms. The number of alkyl halides is 2. The van der Waals surface area contributed by atoms with Crippen LogP contribution in [0.1, 0.15) is 5.56 Å². The number of nitrogens with zero attached hydrogens (tertiary/aromatic N) is 2. The highest BCUT2D eigenvalue weighted by atomic mass is 32.2. The molecule has 0 atom stereocenters. The summed E-state index contributed by atoms with van der Waals surface area (Å²) in [4.78, 5) is 3.91. The van der Waals surface area contributed by atoms with E-state index in [0.717, 1.165) is 26.1 Å². The van der Waals surface area contributed by atoms with E-state index in [9.17, 15) is 17.2 Å². The highest BCUT2D eigenvalue weighted by molar-refractivity contribution is 7.91. The Labute approximate surface area is 153 Å². The fraction of sp³-hybridized carbons (Fsp3) is 0.368. The summed E-state index contributed by atoms with van der Waals surface area (Å²) in [6, 6.07) is 16.3. The molecule has 2 aromatic carbocycles. The molecule has 0 bridgehead atoms. The molecule has 4 nitrogen and oxygen atoms in total. The third-order valence-electron chi connectivity index (χ3n) is 4.68. The van der Waals surface area contributed by atoms with Gasteiger partial charge in [-0.25, -0.2) is 8.42 Å². The van der Waals surface area contributed by atoms with E-state index < -0.39 is 15.6 Å². The third-order valence-corrected chi connectivity index (χ3v) is 6.11. The van der Waals surface area contributed by atoms with Gasteiger partial charge in [0.25, 0.3) is 0 Å². The summed E-state index contributed by atoms with van der Waals surface area (Å²) < 4.78 is 49.8. The van der Waals surface area contributed by atoms with E-state index >= 15 is 0 Å². The van der Waals surface area contributed by atoms with Gasteiger partial charge >= 0.3 is 5.76 Å². The second-order valence-electron chi connectivity index (χ2n) is 6.34. The minimum atomic E-state index is -4.61. The topological polar surface area (TPSA) is 40.6 Å². The van der Waals surface area contributed by atoms with Gasteiger partial charge in [-0.15, -0.1) is 0 Å². The van der Waals surface area contributed by atoms with Crippen molar-refractivity contribution in [1.29, 1.82) is 0 Å². The van der Waals surface area contributed by atoms with Crippen LogP contribution in [0.4, 0.5) is 14.5 Å². The van der Waals surface area contributed by atoms with Crippen LogP contribution in [0, 0.1) is 0 Å². The van der Waals surface area contributed by atoms with Gasteiger partial charge in [0, 0.05) is 32.7 Å². The van der Waals surface area contributed by atoms with E-state index in [2.05, 4.69) is 17.0 Å². The smallest absolute Gasteiger partial charge is 0.341 e. The Hall–Kier alpha value is -1.99. The van der Waals surface area contributed by atoms with Gasteiger partial charge in [-0.3, -0.25) is 4.90 Å². The lowest BCUT2D eigenvalue weighted by Crippen LogP contribution is -2.47. The molecule has 1 heterocycles. The lowest BCUT2D eigenvalue weighted by Gasteiger charge is -2.36. The van der Waals surface area contributed by atoms with E-state index in [-0.39, 0.29) is 4.90 Å².